The molecule has 0 unspecified atom stereocenters. The molecule has 0 spiro atoms. The van der Waals surface area contributed by atoms with Gasteiger partial charge in [-0.3, -0.25) is 14.0 Å². The molecule has 0 saturated heterocycles. The first kappa shape index (κ1) is 25.8. The van der Waals surface area contributed by atoms with Crippen LogP contribution in [0.1, 0.15) is 60.8 Å². The third-order valence-electron chi connectivity index (χ3n) is 8.09. The lowest BCUT2D eigenvalue weighted by Crippen LogP contribution is -2.43. The van der Waals surface area contributed by atoms with E-state index in [1.165, 1.54) is 0 Å². The first-order valence-corrected chi connectivity index (χ1v) is 12.9. The molecule has 3 heterocycles. The van der Waals surface area contributed by atoms with E-state index in [2.05, 4.69) is 20.6 Å². The number of nitrogens with two attached hydrogens (primary N) is 1. The number of hydrogen-bond acceptors (Lipinski definition) is 6. The molecule has 3 aromatic heterocycles. The van der Waals surface area contributed by atoms with Gasteiger partial charge < -0.3 is 16.4 Å². The van der Waals surface area contributed by atoms with Gasteiger partial charge in [-0.15, -0.1) is 0 Å². The summed E-state index contributed by atoms with van der Waals surface area (Å²) in [5.74, 6) is 0.353. The van der Waals surface area contributed by atoms with Gasteiger partial charge in [-0.05, 0) is 56.4 Å². The zero-order valence-corrected chi connectivity index (χ0v) is 21.5. The number of amides is 2. The standard InChI is InChI=1S/C28H26F3N7O2/c1-16(39)37-27-9-7-26(15-27,8-10-27)25-36-21(22-23(32)34-12-13-38(22)25)17-2-4-18(5-3-17)24(40)35-20-14-19(6-11-33-20)28(29,30)31/h2-6,11-14H,7-10,15H2,1H3,(H2,32,34)(H,37,39)(H,33,35,40). The van der Waals surface area contributed by atoms with Gasteiger partial charge in [0, 0.05) is 47.6 Å². The van der Waals surface area contributed by atoms with Gasteiger partial charge in [0.05, 0.1) is 5.56 Å². The number of anilines is 2. The molecule has 9 nitrogen and oxygen atoms in total. The van der Waals surface area contributed by atoms with Crippen molar-refractivity contribution in [3.05, 3.63) is 71.9 Å². The third-order valence-corrected chi connectivity index (χ3v) is 8.09. The fourth-order valence-electron chi connectivity index (χ4n) is 6.34. The molecule has 2 saturated carbocycles. The van der Waals surface area contributed by atoms with Gasteiger partial charge in [0.15, 0.2) is 0 Å². The van der Waals surface area contributed by atoms with Crippen LogP contribution in [0.25, 0.3) is 16.8 Å². The van der Waals surface area contributed by atoms with Crippen LogP contribution in [-0.2, 0) is 16.4 Å². The number of pyridine rings is 1. The topological polar surface area (TPSA) is 127 Å². The third kappa shape index (κ3) is 4.33. The van der Waals surface area contributed by atoms with E-state index in [1.54, 1.807) is 37.4 Å². The number of benzene rings is 1. The second kappa shape index (κ2) is 9.04. The molecule has 2 fully saturated rings. The van der Waals surface area contributed by atoms with Crippen molar-refractivity contribution in [2.45, 2.75) is 56.2 Å². The van der Waals surface area contributed by atoms with E-state index in [1.807, 2.05) is 10.6 Å². The number of fused-ring (bicyclic) bond motifs is 3. The average molecular weight is 550 g/mol. The summed E-state index contributed by atoms with van der Waals surface area (Å²) < 4.78 is 41.0. The zero-order chi connectivity index (χ0) is 28.3. The quantitative estimate of drug-likeness (QED) is 0.330. The number of nitrogens with one attached hydrogen (secondary N) is 2. The van der Waals surface area contributed by atoms with Crippen molar-refractivity contribution in [2.75, 3.05) is 11.1 Å². The molecular formula is C28H26F3N7O2. The lowest BCUT2D eigenvalue weighted by atomic mass is 9.83. The van der Waals surface area contributed by atoms with Crippen LogP contribution in [0, 0.1) is 0 Å². The summed E-state index contributed by atoms with van der Waals surface area (Å²) in [6.45, 7) is 1.54. The SMILES string of the molecule is CC(=O)NC12CCC(c3nc(-c4ccc(C(=O)Nc5cc(C(F)(F)F)ccn5)cc4)c4c(N)nccn34)(CC1)C2. The maximum absolute atomic E-state index is 13.0. The Bertz CT molecular complexity index is 1640. The molecule has 0 aliphatic heterocycles. The fourth-order valence-corrected chi connectivity index (χ4v) is 6.34. The van der Waals surface area contributed by atoms with Gasteiger partial charge in [-0.1, -0.05) is 12.1 Å². The molecule has 0 radical (unpaired) electrons. The van der Waals surface area contributed by atoms with Crippen molar-refractivity contribution in [2.24, 2.45) is 0 Å². The maximum Gasteiger partial charge on any atom is 0.416 e. The van der Waals surface area contributed by atoms with Crippen molar-refractivity contribution in [1.82, 2.24) is 24.7 Å². The van der Waals surface area contributed by atoms with Crippen LogP contribution in [0.15, 0.2) is 55.0 Å². The number of nitrogens with zero attached hydrogens (tertiary/aromatic N) is 4. The van der Waals surface area contributed by atoms with Gasteiger partial charge in [0.1, 0.15) is 28.7 Å². The highest BCUT2D eigenvalue weighted by Crippen LogP contribution is 2.57. The molecule has 4 aromatic rings. The Morgan fingerprint density at radius 2 is 1.75 bits per heavy atom. The summed E-state index contributed by atoms with van der Waals surface area (Å²) in [6, 6.07) is 8.20. The predicted octanol–water partition coefficient (Wildman–Crippen LogP) is 4.74. The molecule has 40 heavy (non-hydrogen) atoms. The summed E-state index contributed by atoms with van der Waals surface area (Å²) in [7, 11) is 0. The Kier molecular flexibility index (Phi) is 5.82. The van der Waals surface area contributed by atoms with Gasteiger partial charge in [-0.25, -0.2) is 15.0 Å². The van der Waals surface area contributed by atoms with E-state index in [0.29, 0.717) is 22.6 Å². The highest BCUT2D eigenvalue weighted by atomic mass is 19.4. The average Bonchev–Trinajstić information content (AvgIpc) is 3.59. The lowest BCUT2D eigenvalue weighted by Gasteiger charge is -2.27. The minimum absolute atomic E-state index is 0.0345. The number of rotatable bonds is 5. The minimum atomic E-state index is -4.55. The second-order valence-electron chi connectivity index (χ2n) is 10.7. The molecule has 2 bridgehead atoms. The molecule has 4 N–H and O–H groups in total. The van der Waals surface area contributed by atoms with Crippen LogP contribution in [-0.4, -0.2) is 36.7 Å². The highest BCUT2D eigenvalue weighted by molar-refractivity contribution is 6.04. The van der Waals surface area contributed by atoms with E-state index in [0.717, 1.165) is 56.3 Å². The Morgan fingerprint density at radius 3 is 2.42 bits per heavy atom. The molecule has 6 rings (SSSR count). The van der Waals surface area contributed by atoms with E-state index in [-0.39, 0.29) is 28.2 Å². The first-order chi connectivity index (χ1) is 19.0. The van der Waals surface area contributed by atoms with Gasteiger partial charge >= 0.3 is 6.18 Å². The van der Waals surface area contributed by atoms with E-state index >= 15 is 0 Å². The summed E-state index contributed by atoms with van der Waals surface area (Å²) in [6.07, 6.45) is 4.24. The number of carbonyl (C=O) groups is 2. The summed E-state index contributed by atoms with van der Waals surface area (Å²) in [5.41, 5.74) is 7.20. The number of aromatic nitrogens is 4. The van der Waals surface area contributed by atoms with Crippen molar-refractivity contribution in [1.29, 1.82) is 0 Å². The second-order valence-corrected chi connectivity index (χ2v) is 10.7. The van der Waals surface area contributed by atoms with Crippen LogP contribution < -0.4 is 16.4 Å². The highest BCUT2D eigenvalue weighted by Gasteiger charge is 2.57. The van der Waals surface area contributed by atoms with Crippen LogP contribution in [0.2, 0.25) is 0 Å². The molecule has 2 aliphatic rings. The van der Waals surface area contributed by atoms with Crippen molar-refractivity contribution < 1.29 is 22.8 Å². The maximum atomic E-state index is 13.0. The van der Waals surface area contributed by atoms with Crippen LogP contribution in [0.5, 0.6) is 0 Å². The number of imidazole rings is 1. The van der Waals surface area contributed by atoms with E-state index in [4.69, 9.17) is 10.7 Å². The lowest BCUT2D eigenvalue weighted by molar-refractivity contribution is -0.137. The van der Waals surface area contributed by atoms with Crippen LogP contribution in [0.3, 0.4) is 0 Å². The van der Waals surface area contributed by atoms with Gasteiger partial charge in [0.25, 0.3) is 5.91 Å². The normalized spacial score (nSPS) is 22.0. The Labute approximate surface area is 227 Å². The predicted molar refractivity (Wildman–Crippen MR) is 141 cm³/mol. The molecule has 0 atom stereocenters. The number of halogens is 3. The largest absolute Gasteiger partial charge is 0.416 e. The Hall–Kier alpha value is -4.48. The Morgan fingerprint density at radius 1 is 1.02 bits per heavy atom. The summed E-state index contributed by atoms with van der Waals surface area (Å²) in [5, 5.41) is 5.59. The summed E-state index contributed by atoms with van der Waals surface area (Å²) in [4.78, 5) is 37.8. The number of hydrogen-bond donors (Lipinski definition) is 3. The van der Waals surface area contributed by atoms with Gasteiger partial charge in [0.2, 0.25) is 5.91 Å². The molecule has 1 aromatic carbocycles. The number of carbonyl (C=O) groups excluding carboxylic acids is 2. The van der Waals surface area contributed by atoms with E-state index < -0.39 is 17.6 Å². The smallest absolute Gasteiger partial charge is 0.382 e. The van der Waals surface area contributed by atoms with Crippen molar-refractivity contribution in [3.63, 3.8) is 0 Å². The van der Waals surface area contributed by atoms with Crippen LogP contribution >= 0.6 is 0 Å². The van der Waals surface area contributed by atoms with Crippen LogP contribution in [0.4, 0.5) is 24.8 Å². The van der Waals surface area contributed by atoms with Crippen molar-refractivity contribution >= 4 is 29.0 Å². The first-order valence-electron chi connectivity index (χ1n) is 12.9. The molecule has 12 heteroatoms. The number of nitrogen functional groups attached to an aromatic ring is 1. The minimum Gasteiger partial charge on any atom is -0.382 e. The fraction of sp³-hybridized carbons (Fsp3) is 0.321. The number of alkyl halides is 3. The molecule has 2 amide bonds. The van der Waals surface area contributed by atoms with Gasteiger partial charge in [-0.2, -0.15) is 13.2 Å². The van der Waals surface area contributed by atoms with E-state index in [9.17, 15) is 22.8 Å². The monoisotopic (exact) mass is 549 g/mol. The summed E-state index contributed by atoms with van der Waals surface area (Å²) >= 11 is 0. The molecule has 206 valence electrons. The zero-order valence-electron chi connectivity index (χ0n) is 21.5. The molecule has 2 aliphatic carbocycles. The Balaban J connectivity index is 1.31. The molecular weight excluding hydrogens is 523 g/mol. The van der Waals surface area contributed by atoms with Crippen molar-refractivity contribution in [3.8, 4) is 11.3 Å².